The molecule has 9 heteroatoms. The molecule has 32 heavy (non-hydrogen) atoms. The highest BCUT2D eigenvalue weighted by Gasteiger charge is 2.30. The Morgan fingerprint density at radius 3 is 2.62 bits per heavy atom. The van der Waals surface area contributed by atoms with E-state index in [-0.39, 0.29) is 38.1 Å². The van der Waals surface area contributed by atoms with E-state index in [0.717, 1.165) is 10.4 Å². The van der Waals surface area contributed by atoms with Crippen molar-refractivity contribution in [2.75, 3.05) is 6.54 Å². The highest BCUT2D eigenvalue weighted by Crippen LogP contribution is 2.22. The molecule has 0 spiro atoms. The summed E-state index contributed by atoms with van der Waals surface area (Å²) >= 11 is 1.52. The fourth-order valence-electron chi connectivity index (χ4n) is 3.54. The molecule has 8 nitrogen and oxygen atoms in total. The smallest absolute Gasteiger partial charge is 0.306 e. The highest BCUT2D eigenvalue weighted by molar-refractivity contribution is 7.09. The van der Waals surface area contributed by atoms with Crippen LogP contribution in [0.3, 0.4) is 0 Å². The number of nitrogens with one attached hydrogen (secondary N) is 2. The Balaban J connectivity index is 1.69. The Hall–Kier alpha value is -2.75. The van der Waals surface area contributed by atoms with Crippen molar-refractivity contribution in [1.29, 1.82) is 0 Å². The van der Waals surface area contributed by atoms with Gasteiger partial charge in [0.1, 0.15) is 6.10 Å². The fourth-order valence-corrected chi connectivity index (χ4v) is 4.18. The Bertz CT molecular complexity index is 889. The van der Waals surface area contributed by atoms with Crippen molar-refractivity contribution in [1.82, 2.24) is 10.6 Å². The van der Waals surface area contributed by atoms with E-state index < -0.39 is 36.1 Å². The minimum absolute atomic E-state index is 0.000420. The highest BCUT2D eigenvalue weighted by atomic mass is 32.1. The summed E-state index contributed by atoms with van der Waals surface area (Å²) in [5, 5.41) is 28.0. The molecule has 0 aliphatic carbocycles. The zero-order valence-electron chi connectivity index (χ0n) is 17.6. The number of amides is 2. The number of thiophene rings is 1. The lowest BCUT2D eigenvalue weighted by Crippen LogP contribution is -2.41. The van der Waals surface area contributed by atoms with E-state index in [0.29, 0.717) is 6.54 Å². The Kier molecular flexibility index (Phi) is 8.78. The quantitative estimate of drug-likeness (QED) is 0.503. The van der Waals surface area contributed by atoms with E-state index in [2.05, 4.69) is 10.6 Å². The van der Waals surface area contributed by atoms with Crippen LogP contribution >= 0.6 is 11.3 Å². The van der Waals surface area contributed by atoms with Crippen LogP contribution in [0.25, 0.3) is 0 Å². The second kappa shape index (κ2) is 11.8. The molecular formula is C23H28N2O6S. The maximum Gasteiger partial charge on any atom is 0.306 e. The second-order valence-corrected chi connectivity index (χ2v) is 8.83. The zero-order chi connectivity index (χ0) is 22.9. The molecule has 2 heterocycles. The number of benzene rings is 1. The standard InChI is InChI=1S/C23H28N2O6S/c26-18-8-9-22(29)31-20(15-5-2-1-3-6-15)14-25-23(30)16(11-19(18)27)12-21(28)24-13-17-7-4-10-32-17/h1-7,10,16,18-20,26-27H,8-9,11-14H2,(H,24,28)(H,25,30)/t16-,18-,19-,20-/m0/s1. The summed E-state index contributed by atoms with van der Waals surface area (Å²) in [7, 11) is 0. The third-order valence-electron chi connectivity index (χ3n) is 5.36. The molecule has 3 rings (SSSR count). The number of aliphatic hydroxyl groups excluding tert-OH is 2. The molecule has 1 fully saturated rings. The normalized spacial score (nSPS) is 25.1. The Morgan fingerprint density at radius 1 is 1.12 bits per heavy atom. The predicted molar refractivity (Wildman–Crippen MR) is 118 cm³/mol. The van der Waals surface area contributed by atoms with Crippen LogP contribution in [0, 0.1) is 5.92 Å². The molecule has 0 bridgehead atoms. The molecule has 1 saturated heterocycles. The van der Waals surface area contributed by atoms with Crippen LogP contribution in [0.5, 0.6) is 0 Å². The average Bonchev–Trinajstić information content (AvgIpc) is 3.31. The molecule has 1 aromatic heterocycles. The van der Waals surface area contributed by atoms with Crippen LogP contribution in [-0.4, -0.2) is 46.7 Å². The monoisotopic (exact) mass is 460 g/mol. The van der Waals surface area contributed by atoms with Gasteiger partial charge in [-0.2, -0.15) is 0 Å². The molecule has 1 aliphatic rings. The summed E-state index contributed by atoms with van der Waals surface area (Å²) < 4.78 is 5.51. The van der Waals surface area contributed by atoms with Crippen LogP contribution in [-0.2, 0) is 25.7 Å². The number of hydrogen-bond donors (Lipinski definition) is 4. The number of carbonyl (C=O) groups excluding carboxylic acids is 3. The number of ether oxygens (including phenoxy) is 1. The van der Waals surface area contributed by atoms with Crippen molar-refractivity contribution in [3.63, 3.8) is 0 Å². The maximum absolute atomic E-state index is 12.9. The van der Waals surface area contributed by atoms with Crippen LogP contribution in [0.1, 0.15) is 42.2 Å². The van der Waals surface area contributed by atoms with Gasteiger partial charge in [0.05, 0.1) is 25.3 Å². The molecule has 1 aliphatic heterocycles. The van der Waals surface area contributed by atoms with Gasteiger partial charge < -0.3 is 25.6 Å². The van der Waals surface area contributed by atoms with E-state index in [1.54, 1.807) is 12.1 Å². The van der Waals surface area contributed by atoms with Gasteiger partial charge in [0.25, 0.3) is 0 Å². The van der Waals surface area contributed by atoms with Crippen molar-refractivity contribution >= 4 is 29.1 Å². The summed E-state index contributed by atoms with van der Waals surface area (Å²) in [4.78, 5) is 38.5. The fraction of sp³-hybridized carbons (Fsp3) is 0.435. The molecular weight excluding hydrogens is 432 g/mol. The molecule has 4 atom stereocenters. The molecule has 2 amide bonds. The topological polar surface area (TPSA) is 125 Å². The molecule has 0 unspecified atom stereocenters. The molecule has 1 aromatic carbocycles. The first-order chi connectivity index (χ1) is 15.4. The van der Waals surface area contributed by atoms with Gasteiger partial charge in [0, 0.05) is 23.6 Å². The van der Waals surface area contributed by atoms with Crippen molar-refractivity contribution in [2.45, 2.75) is 50.5 Å². The molecule has 0 radical (unpaired) electrons. The van der Waals surface area contributed by atoms with Crippen molar-refractivity contribution < 1.29 is 29.3 Å². The van der Waals surface area contributed by atoms with Gasteiger partial charge in [-0.25, -0.2) is 0 Å². The summed E-state index contributed by atoms with van der Waals surface area (Å²) in [6.07, 6.45) is -3.43. The van der Waals surface area contributed by atoms with Crippen LogP contribution < -0.4 is 10.6 Å². The van der Waals surface area contributed by atoms with E-state index in [9.17, 15) is 24.6 Å². The zero-order valence-corrected chi connectivity index (χ0v) is 18.4. The van der Waals surface area contributed by atoms with Gasteiger partial charge in [0.15, 0.2) is 0 Å². The van der Waals surface area contributed by atoms with Crippen LogP contribution in [0.2, 0.25) is 0 Å². The molecule has 0 saturated carbocycles. The van der Waals surface area contributed by atoms with Gasteiger partial charge in [-0.05, 0) is 29.9 Å². The Labute approximate surface area is 190 Å². The first kappa shape index (κ1) is 23.9. The number of aliphatic hydroxyl groups is 2. The lowest BCUT2D eigenvalue weighted by Gasteiger charge is -2.26. The van der Waals surface area contributed by atoms with E-state index in [1.165, 1.54) is 11.3 Å². The molecule has 172 valence electrons. The summed E-state index contributed by atoms with van der Waals surface area (Å²) in [6, 6.07) is 12.8. The average molecular weight is 461 g/mol. The minimum atomic E-state index is -1.24. The number of rotatable bonds is 5. The third-order valence-corrected chi connectivity index (χ3v) is 6.24. The molecule has 2 aromatic rings. The lowest BCUT2D eigenvalue weighted by atomic mass is 9.92. The SMILES string of the molecule is O=C(C[C@@H]1C[C@H](O)[C@@H](O)CCC(=O)O[C@H](c2ccccc2)CNC1=O)NCc1cccs1. The number of cyclic esters (lactones) is 1. The van der Waals surface area contributed by atoms with Crippen LogP contribution in [0.4, 0.5) is 0 Å². The lowest BCUT2D eigenvalue weighted by molar-refractivity contribution is -0.151. The maximum atomic E-state index is 12.9. The van der Waals surface area contributed by atoms with Crippen LogP contribution in [0.15, 0.2) is 47.8 Å². The minimum Gasteiger partial charge on any atom is -0.456 e. The van der Waals surface area contributed by atoms with Gasteiger partial charge in [-0.3, -0.25) is 14.4 Å². The number of hydrogen-bond acceptors (Lipinski definition) is 7. The van der Waals surface area contributed by atoms with Crippen molar-refractivity contribution in [3.05, 3.63) is 58.3 Å². The Morgan fingerprint density at radius 2 is 1.91 bits per heavy atom. The largest absolute Gasteiger partial charge is 0.456 e. The third kappa shape index (κ3) is 7.15. The predicted octanol–water partition coefficient (Wildman–Crippen LogP) is 1.68. The van der Waals surface area contributed by atoms with E-state index >= 15 is 0 Å². The van der Waals surface area contributed by atoms with Gasteiger partial charge in [-0.15, -0.1) is 11.3 Å². The summed E-state index contributed by atoms with van der Waals surface area (Å²) in [5.74, 6) is -2.13. The van der Waals surface area contributed by atoms with Gasteiger partial charge in [-0.1, -0.05) is 36.4 Å². The summed E-state index contributed by atoms with van der Waals surface area (Å²) in [5.41, 5.74) is 0.726. The first-order valence-corrected chi connectivity index (χ1v) is 11.5. The first-order valence-electron chi connectivity index (χ1n) is 10.6. The molecule has 4 N–H and O–H groups in total. The summed E-state index contributed by atoms with van der Waals surface area (Å²) in [6.45, 7) is 0.405. The number of esters is 1. The van der Waals surface area contributed by atoms with Gasteiger partial charge >= 0.3 is 5.97 Å². The van der Waals surface area contributed by atoms with E-state index in [4.69, 9.17) is 4.74 Å². The van der Waals surface area contributed by atoms with Gasteiger partial charge in [0.2, 0.25) is 11.8 Å². The number of carbonyl (C=O) groups is 3. The second-order valence-electron chi connectivity index (χ2n) is 7.80. The van der Waals surface area contributed by atoms with Crippen molar-refractivity contribution in [2.24, 2.45) is 5.92 Å². The van der Waals surface area contributed by atoms with Crippen molar-refractivity contribution in [3.8, 4) is 0 Å². The van der Waals surface area contributed by atoms with E-state index in [1.807, 2.05) is 35.7 Å².